The summed E-state index contributed by atoms with van der Waals surface area (Å²) < 4.78 is 14.7. The maximum Gasteiger partial charge on any atom is 0.261 e. The first kappa shape index (κ1) is 19.4. The smallest absolute Gasteiger partial charge is 0.261 e. The molecular formula is C22H27N5O3. The van der Waals surface area contributed by atoms with Crippen LogP contribution in [0.15, 0.2) is 35.1 Å². The average molecular weight is 409 g/mol. The van der Waals surface area contributed by atoms with Gasteiger partial charge in [-0.25, -0.2) is 4.98 Å². The molecular weight excluding hydrogens is 382 g/mol. The third kappa shape index (κ3) is 3.55. The van der Waals surface area contributed by atoms with Gasteiger partial charge in [-0.1, -0.05) is 12.1 Å². The maximum atomic E-state index is 13.2. The average Bonchev–Trinajstić information content (AvgIpc) is 3.39. The molecule has 1 aromatic carbocycles. The second-order valence-electron chi connectivity index (χ2n) is 7.97. The Kier molecular flexibility index (Phi) is 5.37. The molecule has 8 heteroatoms. The van der Waals surface area contributed by atoms with Crippen LogP contribution < -0.4 is 5.56 Å². The molecule has 8 nitrogen and oxygen atoms in total. The number of ether oxygens (including phenoxy) is 2. The van der Waals surface area contributed by atoms with Gasteiger partial charge in [-0.2, -0.15) is 5.10 Å². The number of likely N-dealkylation sites (tertiary alicyclic amines) is 1. The summed E-state index contributed by atoms with van der Waals surface area (Å²) in [4.78, 5) is 20.6. The van der Waals surface area contributed by atoms with Crippen molar-refractivity contribution in [1.29, 1.82) is 0 Å². The number of benzene rings is 1. The Morgan fingerprint density at radius 1 is 1.27 bits per heavy atom. The standard InChI is InChI=1S/C22H27N5O3/c1-29-11-9-26-21(23-19-6-3-2-5-18(19)22(26)28)20-7-4-8-25(20)14-16-13-17-15-30-12-10-27(17)24-16/h2-3,5-6,13,20H,4,7-12,14-15H2,1H3. The molecule has 0 radical (unpaired) electrons. The van der Waals surface area contributed by atoms with Crippen LogP contribution in [0.3, 0.4) is 0 Å². The van der Waals surface area contributed by atoms with Gasteiger partial charge in [-0.15, -0.1) is 0 Å². The summed E-state index contributed by atoms with van der Waals surface area (Å²) in [6.45, 7) is 4.85. The summed E-state index contributed by atoms with van der Waals surface area (Å²) in [5.41, 5.74) is 2.95. The fourth-order valence-corrected chi connectivity index (χ4v) is 4.58. The van der Waals surface area contributed by atoms with E-state index in [0.717, 1.165) is 55.2 Å². The molecule has 4 heterocycles. The lowest BCUT2D eigenvalue weighted by molar-refractivity contribution is 0.0799. The monoisotopic (exact) mass is 409 g/mol. The van der Waals surface area contributed by atoms with Crippen molar-refractivity contribution >= 4 is 10.9 Å². The zero-order chi connectivity index (χ0) is 20.5. The molecule has 1 atom stereocenters. The second kappa shape index (κ2) is 8.29. The fourth-order valence-electron chi connectivity index (χ4n) is 4.58. The number of rotatable bonds is 6. The van der Waals surface area contributed by atoms with Gasteiger partial charge < -0.3 is 9.47 Å². The lowest BCUT2D eigenvalue weighted by Crippen LogP contribution is -2.33. The predicted octanol–water partition coefficient (Wildman–Crippen LogP) is 2.11. The van der Waals surface area contributed by atoms with Crippen LogP contribution in [0.25, 0.3) is 10.9 Å². The Morgan fingerprint density at radius 3 is 3.03 bits per heavy atom. The van der Waals surface area contributed by atoms with Gasteiger partial charge in [-0.3, -0.25) is 18.9 Å². The van der Waals surface area contributed by atoms with Gasteiger partial charge >= 0.3 is 0 Å². The van der Waals surface area contributed by atoms with Crippen molar-refractivity contribution in [2.45, 2.75) is 45.1 Å². The molecule has 2 aromatic heterocycles. The van der Waals surface area contributed by atoms with Crippen LogP contribution in [-0.4, -0.2) is 51.1 Å². The van der Waals surface area contributed by atoms with Gasteiger partial charge in [0.2, 0.25) is 0 Å². The first-order chi connectivity index (χ1) is 14.7. The van der Waals surface area contributed by atoms with E-state index in [-0.39, 0.29) is 11.6 Å². The molecule has 1 saturated heterocycles. The molecule has 0 amide bonds. The van der Waals surface area contributed by atoms with E-state index in [1.807, 2.05) is 28.9 Å². The Balaban J connectivity index is 1.49. The number of hydrogen-bond acceptors (Lipinski definition) is 6. The molecule has 30 heavy (non-hydrogen) atoms. The first-order valence-corrected chi connectivity index (χ1v) is 10.6. The van der Waals surface area contributed by atoms with Crippen molar-refractivity contribution in [3.63, 3.8) is 0 Å². The highest BCUT2D eigenvalue weighted by molar-refractivity contribution is 5.77. The minimum atomic E-state index is 0.00843. The van der Waals surface area contributed by atoms with E-state index in [2.05, 4.69) is 11.0 Å². The molecule has 0 spiro atoms. The number of para-hydroxylation sites is 1. The van der Waals surface area contributed by atoms with Crippen LogP contribution in [0, 0.1) is 0 Å². The highest BCUT2D eigenvalue weighted by Crippen LogP contribution is 2.32. The molecule has 0 N–H and O–H groups in total. The number of aromatic nitrogens is 4. The van der Waals surface area contributed by atoms with Crippen LogP contribution in [0.2, 0.25) is 0 Å². The number of hydrogen-bond donors (Lipinski definition) is 0. The van der Waals surface area contributed by atoms with Gasteiger partial charge in [0.15, 0.2) is 0 Å². The Bertz CT molecular complexity index is 1080. The van der Waals surface area contributed by atoms with Crippen molar-refractivity contribution in [2.24, 2.45) is 0 Å². The van der Waals surface area contributed by atoms with Gasteiger partial charge in [0.25, 0.3) is 5.56 Å². The number of fused-ring (bicyclic) bond motifs is 2. The van der Waals surface area contributed by atoms with E-state index in [1.54, 1.807) is 11.7 Å². The van der Waals surface area contributed by atoms with Gasteiger partial charge in [0, 0.05) is 13.7 Å². The molecule has 3 aromatic rings. The first-order valence-electron chi connectivity index (χ1n) is 10.6. The topological polar surface area (TPSA) is 74.4 Å². The summed E-state index contributed by atoms with van der Waals surface area (Å²) >= 11 is 0. The molecule has 0 saturated carbocycles. The number of nitrogens with zero attached hydrogens (tertiary/aromatic N) is 5. The molecule has 0 bridgehead atoms. The van der Waals surface area contributed by atoms with Crippen molar-refractivity contribution in [3.8, 4) is 0 Å². The fraction of sp³-hybridized carbons (Fsp3) is 0.500. The van der Waals surface area contributed by atoms with E-state index in [9.17, 15) is 4.79 Å². The van der Waals surface area contributed by atoms with E-state index < -0.39 is 0 Å². The van der Waals surface area contributed by atoms with E-state index in [0.29, 0.717) is 31.8 Å². The zero-order valence-corrected chi connectivity index (χ0v) is 17.3. The second-order valence-corrected chi connectivity index (χ2v) is 7.97. The highest BCUT2D eigenvalue weighted by atomic mass is 16.5. The molecule has 2 aliphatic heterocycles. The third-order valence-corrected chi connectivity index (χ3v) is 6.05. The number of methoxy groups -OCH3 is 1. The van der Waals surface area contributed by atoms with E-state index in [4.69, 9.17) is 19.6 Å². The minimum Gasteiger partial charge on any atom is -0.383 e. The zero-order valence-electron chi connectivity index (χ0n) is 17.3. The Morgan fingerprint density at radius 2 is 2.17 bits per heavy atom. The molecule has 5 rings (SSSR count). The van der Waals surface area contributed by atoms with Gasteiger partial charge in [0.1, 0.15) is 5.82 Å². The van der Waals surface area contributed by atoms with Crippen LogP contribution >= 0.6 is 0 Å². The van der Waals surface area contributed by atoms with Gasteiger partial charge in [0.05, 0.1) is 61.2 Å². The largest absolute Gasteiger partial charge is 0.383 e. The summed E-state index contributed by atoms with van der Waals surface area (Å²) in [5, 5.41) is 5.42. The maximum absolute atomic E-state index is 13.2. The van der Waals surface area contributed by atoms with Crippen LogP contribution in [0.5, 0.6) is 0 Å². The van der Waals surface area contributed by atoms with Crippen molar-refractivity contribution < 1.29 is 9.47 Å². The van der Waals surface area contributed by atoms with Crippen molar-refractivity contribution in [2.75, 3.05) is 26.9 Å². The van der Waals surface area contributed by atoms with E-state index in [1.165, 1.54) is 0 Å². The molecule has 0 aliphatic carbocycles. The summed E-state index contributed by atoms with van der Waals surface area (Å²) in [6.07, 6.45) is 2.06. The summed E-state index contributed by atoms with van der Waals surface area (Å²) in [5.74, 6) is 0.834. The third-order valence-electron chi connectivity index (χ3n) is 6.05. The normalized spacial score (nSPS) is 19.4. The lowest BCUT2D eigenvalue weighted by atomic mass is 10.1. The minimum absolute atomic E-state index is 0.00843. The van der Waals surface area contributed by atoms with Crippen LogP contribution in [0.1, 0.15) is 36.1 Å². The van der Waals surface area contributed by atoms with Crippen LogP contribution in [-0.2, 0) is 35.7 Å². The van der Waals surface area contributed by atoms with Crippen molar-refractivity contribution in [1.82, 2.24) is 24.2 Å². The van der Waals surface area contributed by atoms with Crippen molar-refractivity contribution in [3.05, 3.63) is 57.9 Å². The quantitative estimate of drug-likeness (QED) is 0.621. The Labute approximate surface area is 175 Å². The SMILES string of the molecule is COCCn1c(C2CCCN2Cc2cc3n(n2)CCOC3)nc2ccccc2c1=O. The van der Waals surface area contributed by atoms with Gasteiger partial charge in [-0.05, 0) is 37.6 Å². The van der Waals surface area contributed by atoms with E-state index >= 15 is 0 Å². The van der Waals surface area contributed by atoms with Crippen LogP contribution in [0.4, 0.5) is 0 Å². The molecule has 2 aliphatic rings. The summed E-state index contributed by atoms with van der Waals surface area (Å²) in [7, 11) is 1.66. The predicted molar refractivity (Wildman–Crippen MR) is 112 cm³/mol. The summed E-state index contributed by atoms with van der Waals surface area (Å²) in [6, 6.07) is 9.82. The molecule has 1 unspecified atom stereocenters. The molecule has 158 valence electrons. The molecule has 1 fully saturated rings. The lowest BCUT2D eigenvalue weighted by Gasteiger charge is -2.26. The highest BCUT2D eigenvalue weighted by Gasteiger charge is 2.31. The Hall–Kier alpha value is -2.55.